The van der Waals surface area contributed by atoms with Crippen LogP contribution >= 0.6 is 0 Å². The zero-order valence-electron chi connectivity index (χ0n) is 20.3. The first kappa shape index (κ1) is 23.4. The number of hydrogen-bond donors (Lipinski definition) is 0. The molecule has 0 aliphatic heterocycles. The molecule has 0 fully saturated rings. The van der Waals surface area contributed by atoms with Crippen molar-refractivity contribution in [3.8, 4) is 11.5 Å². The van der Waals surface area contributed by atoms with Gasteiger partial charge in [-0.2, -0.15) is 0 Å². The van der Waals surface area contributed by atoms with Crippen LogP contribution in [-0.2, 0) is 11.8 Å². The Bertz CT molecular complexity index is 1310. The highest BCUT2D eigenvalue weighted by Crippen LogP contribution is 2.35. The summed E-state index contributed by atoms with van der Waals surface area (Å²) in [5, 5.41) is 11.8. The fraction of sp³-hybridized carbons (Fsp3) is 0.276. The summed E-state index contributed by atoms with van der Waals surface area (Å²) in [6.07, 6.45) is 3.16. The SMILES string of the molecule is Cc1cc(C)c2c(c1)C(=O)/C(=C/c1ccc(Oc3ccc(C(C)(C)C)cc3)c([N+](=O)[O-])c1)CC2. The van der Waals surface area contributed by atoms with E-state index in [-0.39, 0.29) is 22.6 Å². The monoisotopic (exact) mass is 455 g/mol. The summed E-state index contributed by atoms with van der Waals surface area (Å²) in [7, 11) is 0. The Morgan fingerprint density at radius 3 is 2.32 bits per heavy atom. The molecule has 0 radical (unpaired) electrons. The van der Waals surface area contributed by atoms with E-state index in [0.29, 0.717) is 23.3 Å². The van der Waals surface area contributed by atoms with Gasteiger partial charge in [0.1, 0.15) is 5.75 Å². The van der Waals surface area contributed by atoms with Crippen molar-refractivity contribution in [2.45, 2.75) is 52.9 Å². The Morgan fingerprint density at radius 2 is 1.68 bits per heavy atom. The smallest absolute Gasteiger partial charge is 0.312 e. The van der Waals surface area contributed by atoms with Gasteiger partial charge in [-0.15, -0.1) is 0 Å². The number of nitrogens with zero attached hydrogens (tertiary/aromatic N) is 1. The fourth-order valence-corrected chi connectivity index (χ4v) is 4.42. The molecule has 4 rings (SSSR count). The van der Waals surface area contributed by atoms with Crippen molar-refractivity contribution in [2.75, 3.05) is 0 Å². The van der Waals surface area contributed by atoms with E-state index in [2.05, 4.69) is 26.8 Å². The molecule has 0 amide bonds. The molecule has 3 aromatic carbocycles. The van der Waals surface area contributed by atoms with Crippen molar-refractivity contribution in [3.63, 3.8) is 0 Å². The van der Waals surface area contributed by atoms with Gasteiger partial charge in [0.05, 0.1) is 4.92 Å². The summed E-state index contributed by atoms with van der Waals surface area (Å²) in [5.41, 5.74) is 6.33. The van der Waals surface area contributed by atoms with Crippen LogP contribution in [0.3, 0.4) is 0 Å². The molecule has 1 aliphatic carbocycles. The largest absolute Gasteiger partial charge is 0.450 e. The van der Waals surface area contributed by atoms with Gasteiger partial charge in [0.25, 0.3) is 0 Å². The van der Waals surface area contributed by atoms with Crippen molar-refractivity contribution in [2.24, 2.45) is 0 Å². The van der Waals surface area contributed by atoms with Crippen LogP contribution in [0.5, 0.6) is 11.5 Å². The van der Waals surface area contributed by atoms with Gasteiger partial charge in [0, 0.05) is 17.2 Å². The average Bonchev–Trinajstić information content (AvgIpc) is 2.76. The number of nitro benzene ring substituents is 1. The number of hydrogen-bond acceptors (Lipinski definition) is 4. The van der Waals surface area contributed by atoms with Crippen molar-refractivity contribution < 1.29 is 14.5 Å². The molecule has 3 aromatic rings. The molecule has 174 valence electrons. The van der Waals surface area contributed by atoms with Crippen LogP contribution < -0.4 is 4.74 Å². The van der Waals surface area contributed by atoms with Crippen molar-refractivity contribution >= 4 is 17.5 Å². The van der Waals surface area contributed by atoms with E-state index in [1.165, 1.54) is 6.07 Å². The van der Waals surface area contributed by atoms with Crippen molar-refractivity contribution in [3.05, 3.63) is 104 Å². The number of Topliss-reactive ketones (excluding diaryl/α,β-unsaturated/α-hetero) is 1. The highest BCUT2D eigenvalue weighted by Gasteiger charge is 2.24. The first-order valence-corrected chi connectivity index (χ1v) is 11.4. The maximum Gasteiger partial charge on any atom is 0.312 e. The van der Waals surface area contributed by atoms with Gasteiger partial charge in [0.2, 0.25) is 5.75 Å². The van der Waals surface area contributed by atoms with Gasteiger partial charge in [-0.25, -0.2) is 0 Å². The van der Waals surface area contributed by atoms with Crippen LogP contribution in [-0.4, -0.2) is 10.7 Å². The first-order valence-electron chi connectivity index (χ1n) is 11.4. The Hall–Kier alpha value is -3.73. The van der Waals surface area contributed by atoms with Crippen LogP contribution in [0.25, 0.3) is 6.08 Å². The number of carbonyl (C=O) groups excluding carboxylic acids is 1. The van der Waals surface area contributed by atoms with Crippen LogP contribution in [0.15, 0.2) is 60.2 Å². The molecule has 0 unspecified atom stereocenters. The number of allylic oxidation sites excluding steroid dienone is 1. The molecular formula is C29H29NO4. The number of fused-ring (bicyclic) bond motifs is 1. The molecule has 0 saturated carbocycles. The van der Waals surface area contributed by atoms with E-state index in [1.807, 2.05) is 44.2 Å². The third-order valence-corrected chi connectivity index (χ3v) is 6.27. The molecule has 5 nitrogen and oxygen atoms in total. The van der Waals surface area contributed by atoms with E-state index in [0.717, 1.165) is 34.2 Å². The number of ether oxygens (including phenoxy) is 1. The van der Waals surface area contributed by atoms with E-state index < -0.39 is 4.92 Å². The number of benzene rings is 3. The second-order valence-electron chi connectivity index (χ2n) is 9.97. The minimum absolute atomic E-state index is 0.00466. The third kappa shape index (κ3) is 4.79. The molecule has 0 spiro atoms. The number of ketones is 1. The molecular weight excluding hydrogens is 426 g/mol. The molecule has 0 saturated heterocycles. The molecule has 34 heavy (non-hydrogen) atoms. The van der Waals surface area contributed by atoms with Gasteiger partial charge in [-0.05, 0) is 84.7 Å². The van der Waals surface area contributed by atoms with Crippen LogP contribution in [0.2, 0.25) is 0 Å². The van der Waals surface area contributed by atoms with Crippen LogP contribution in [0, 0.1) is 24.0 Å². The maximum absolute atomic E-state index is 13.1. The quantitative estimate of drug-likeness (QED) is 0.232. The van der Waals surface area contributed by atoms with Crippen LogP contribution in [0.1, 0.15) is 65.4 Å². The van der Waals surface area contributed by atoms with E-state index >= 15 is 0 Å². The third-order valence-electron chi connectivity index (χ3n) is 6.27. The lowest BCUT2D eigenvalue weighted by Crippen LogP contribution is -2.15. The van der Waals surface area contributed by atoms with Gasteiger partial charge < -0.3 is 4.74 Å². The first-order chi connectivity index (χ1) is 16.0. The zero-order chi connectivity index (χ0) is 24.6. The number of rotatable bonds is 4. The number of carbonyl (C=O) groups is 1. The molecule has 0 heterocycles. The van der Waals surface area contributed by atoms with Crippen molar-refractivity contribution in [1.29, 1.82) is 0 Å². The van der Waals surface area contributed by atoms with Crippen molar-refractivity contribution in [1.82, 2.24) is 0 Å². The summed E-state index contributed by atoms with van der Waals surface area (Å²) in [4.78, 5) is 24.5. The number of aryl methyl sites for hydroxylation is 2. The lowest BCUT2D eigenvalue weighted by Gasteiger charge is -2.20. The van der Waals surface area contributed by atoms with Gasteiger partial charge in [-0.3, -0.25) is 14.9 Å². The summed E-state index contributed by atoms with van der Waals surface area (Å²) in [5.74, 6) is 0.698. The summed E-state index contributed by atoms with van der Waals surface area (Å²) in [6.45, 7) is 10.4. The average molecular weight is 456 g/mol. The Kier molecular flexibility index (Phi) is 6.13. The molecule has 0 bridgehead atoms. The van der Waals surface area contributed by atoms with Gasteiger partial charge >= 0.3 is 5.69 Å². The normalized spacial score (nSPS) is 14.7. The predicted octanol–water partition coefficient (Wildman–Crippen LogP) is 7.51. The summed E-state index contributed by atoms with van der Waals surface area (Å²) < 4.78 is 5.85. The second kappa shape index (κ2) is 8.90. The Labute approximate surface area is 200 Å². The number of nitro groups is 1. The lowest BCUT2D eigenvalue weighted by atomic mass is 9.83. The minimum atomic E-state index is -0.453. The molecule has 5 heteroatoms. The van der Waals surface area contributed by atoms with E-state index in [9.17, 15) is 14.9 Å². The Balaban J connectivity index is 1.62. The van der Waals surface area contributed by atoms with Gasteiger partial charge in [-0.1, -0.05) is 50.6 Å². The highest BCUT2D eigenvalue weighted by molar-refractivity contribution is 6.13. The topological polar surface area (TPSA) is 69.4 Å². The van der Waals surface area contributed by atoms with Crippen LogP contribution in [0.4, 0.5) is 5.69 Å². The van der Waals surface area contributed by atoms with E-state index in [4.69, 9.17) is 4.74 Å². The van der Waals surface area contributed by atoms with E-state index in [1.54, 1.807) is 18.2 Å². The minimum Gasteiger partial charge on any atom is -0.450 e. The maximum atomic E-state index is 13.1. The molecule has 0 N–H and O–H groups in total. The molecule has 0 aromatic heterocycles. The standard InChI is InChI=1S/C29H29NO4/c1-18-14-19(2)24-12-7-21(28(31)25(24)15-18)16-20-6-13-27(26(17-20)30(32)33)34-23-10-8-22(9-11-23)29(3,4)5/h6,8-11,13-17H,7,12H2,1-5H3/b21-16+. The fourth-order valence-electron chi connectivity index (χ4n) is 4.42. The molecule has 1 aliphatic rings. The highest BCUT2D eigenvalue weighted by atomic mass is 16.6. The summed E-state index contributed by atoms with van der Waals surface area (Å²) >= 11 is 0. The second-order valence-corrected chi connectivity index (χ2v) is 9.97. The van der Waals surface area contributed by atoms with Gasteiger partial charge in [0.15, 0.2) is 5.78 Å². The zero-order valence-corrected chi connectivity index (χ0v) is 20.3. The predicted molar refractivity (Wildman–Crippen MR) is 135 cm³/mol. The Morgan fingerprint density at radius 1 is 0.971 bits per heavy atom. The lowest BCUT2D eigenvalue weighted by molar-refractivity contribution is -0.385. The molecule has 0 atom stereocenters. The summed E-state index contributed by atoms with van der Waals surface area (Å²) in [6, 6.07) is 16.4.